The van der Waals surface area contributed by atoms with Crippen LogP contribution in [0, 0.1) is 0 Å². The molecule has 3 rings (SSSR count). The SMILES string of the molecule is O=C(COC(=O)COc1ccc(Br)cc1)Nc1ccc2ccccc2c1. The number of carbonyl (C=O) groups excluding carboxylic acids is 2. The second kappa shape index (κ2) is 8.49. The molecule has 0 saturated carbocycles. The first-order valence-corrected chi connectivity index (χ1v) is 8.72. The average molecular weight is 414 g/mol. The number of nitrogens with one attached hydrogen (secondary N) is 1. The summed E-state index contributed by atoms with van der Waals surface area (Å²) in [5, 5.41) is 4.81. The zero-order chi connectivity index (χ0) is 18.4. The first-order chi connectivity index (χ1) is 12.6. The van der Waals surface area contributed by atoms with Gasteiger partial charge >= 0.3 is 5.97 Å². The molecule has 0 atom stereocenters. The molecule has 0 aliphatic rings. The van der Waals surface area contributed by atoms with Gasteiger partial charge in [-0.3, -0.25) is 4.79 Å². The lowest BCUT2D eigenvalue weighted by atomic mass is 10.1. The smallest absolute Gasteiger partial charge is 0.344 e. The van der Waals surface area contributed by atoms with Crippen LogP contribution in [0.15, 0.2) is 71.2 Å². The van der Waals surface area contributed by atoms with Crippen molar-refractivity contribution in [2.45, 2.75) is 0 Å². The fourth-order valence-electron chi connectivity index (χ4n) is 2.32. The maximum absolute atomic E-state index is 11.9. The molecular weight excluding hydrogens is 398 g/mol. The monoisotopic (exact) mass is 413 g/mol. The third-order valence-corrected chi connectivity index (χ3v) is 4.10. The number of hydrogen-bond acceptors (Lipinski definition) is 4. The Balaban J connectivity index is 1.45. The van der Waals surface area contributed by atoms with Crippen molar-refractivity contribution in [2.75, 3.05) is 18.5 Å². The summed E-state index contributed by atoms with van der Waals surface area (Å²) < 4.78 is 11.1. The number of benzene rings is 3. The maximum Gasteiger partial charge on any atom is 0.344 e. The number of fused-ring (bicyclic) bond motifs is 1. The van der Waals surface area contributed by atoms with Gasteiger partial charge in [-0.1, -0.05) is 46.3 Å². The number of esters is 1. The van der Waals surface area contributed by atoms with E-state index in [-0.39, 0.29) is 13.2 Å². The number of anilines is 1. The molecule has 26 heavy (non-hydrogen) atoms. The molecule has 0 fully saturated rings. The van der Waals surface area contributed by atoms with Crippen LogP contribution >= 0.6 is 15.9 Å². The molecule has 0 saturated heterocycles. The molecule has 1 N–H and O–H groups in total. The van der Waals surface area contributed by atoms with Gasteiger partial charge in [0.2, 0.25) is 0 Å². The van der Waals surface area contributed by atoms with Gasteiger partial charge < -0.3 is 14.8 Å². The summed E-state index contributed by atoms with van der Waals surface area (Å²) in [6.45, 7) is -0.625. The van der Waals surface area contributed by atoms with E-state index in [0.29, 0.717) is 11.4 Å². The summed E-state index contributed by atoms with van der Waals surface area (Å²) >= 11 is 3.32. The fourth-order valence-corrected chi connectivity index (χ4v) is 2.59. The van der Waals surface area contributed by atoms with Crippen molar-refractivity contribution in [3.8, 4) is 5.75 Å². The average Bonchev–Trinajstić information content (AvgIpc) is 2.66. The molecule has 0 radical (unpaired) electrons. The summed E-state index contributed by atoms with van der Waals surface area (Å²) in [6.07, 6.45) is 0. The van der Waals surface area contributed by atoms with Crippen LogP contribution in [-0.4, -0.2) is 25.1 Å². The molecule has 0 aliphatic heterocycles. The molecule has 5 nitrogen and oxygen atoms in total. The van der Waals surface area contributed by atoms with E-state index in [1.54, 1.807) is 30.3 Å². The van der Waals surface area contributed by atoms with Crippen LogP contribution in [0.3, 0.4) is 0 Å². The van der Waals surface area contributed by atoms with Gasteiger partial charge in [0.15, 0.2) is 13.2 Å². The van der Waals surface area contributed by atoms with Crippen LogP contribution in [0.4, 0.5) is 5.69 Å². The molecule has 0 unspecified atom stereocenters. The standard InChI is InChI=1S/C20H16BrNO4/c21-16-6-9-18(10-7-16)25-13-20(24)26-12-19(23)22-17-8-5-14-3-1-2-4-15(14)11-17/h1-11H,12-13H2,(H,22,23). The van der Waals surface area contributed by atoms with Crippen LogP contribution < -0.4 is 10.1 Å². The van der Waals surface area contributed by atoms with Crippen molar-refractivity contribution < 1.29 is 19.1 Å². The highest BCUT2D eigenvalue weighted by Crippen LogP contribution is 2.19. The molecule has 6 heteroatoms. The zero-order valence-electron chi connectivity index (χ0n) is 13.8. The summed E-state index contributed by atoms with van der Waals surface area (Å²) in [5.74, 6) is -0.468. The highest BCUT2D eigenvalue weighted by molar-refractivity contribution is 9.10. The molecule has 0 aromatic heterocycles. The number of halogens is 1. The number of amides is 1. The lowest BCUT2D eigenvalue weighted by Crippen LogP contribution is -2.23. The molecule has 3 aromatic carbocycles. The molecule has 3 aromatic rings. The Morgan fingerprint density at radius 3 is 2.38 bits per heavy atom. The van der Waals surface area contributed by atoms with Crippen molar-refractivity contribution >= 4 is 44.3 Å². The highest BCUT2D eigenvalue weighted by Gasteiger charge is 2.09. The summed E-state index contributed by atoms with van der Waals surface area (Å²) in [4.78, 5) is 23.6. The number of carbonyl (C=O) groups is 2. The van der Waals surface area contributed by atoms with Crippen molar-refractivity contribution in [2.24, 2.45) is 0 Å². The number of ether oxygens (including phenoxy) is 2. The van der Waals surface area contributed by atoms with Gasteiger partial charge in [-0.05, 0) is 47.2 Å². The lowest BCUT2D eigenvalue weighted by Gasteiger charge is -2.08. The molecule has 0 bridgehead atoms. The Morgan fingerprint density at radius 1 is 0.885 bits per heavy atom. The minimum Gasteiger partial charge on any atom is -0.482 e. The topological polar surface area (TPSA) is 64.6 Å². The van der Waals surface area contributed by atoms with Gasteiger partial charge in [0, 0.05) is 10.2 Å². The third-order valence-electron chi connectivity index (χ3n) is 3.57. The van der Waals surface area contributed by atoms with Crippen molar-refractivity contribution in [3.05, 3.63) is 71.2 Å². The van der Waals surface area contributed by atoms with Gasteiger partial charge in [0.05, 0.1) is 0 Å². The van der Waals surface area contributed by atoms with E-state index in [1.807, 2.05) is 36.4 Å². The van der Waals surface area contributed by atoms with E-state index in [0.717, 1.165) is 15.2 Å². The molecule has 0 spiro atoms. The molecule has 132 valence electrons. The molecular formula is C20H16BrNO4. The first-order valence-electron chi connectivity index (χ1n) is 7.93. The normalized spacial score (nSPS) is 10.3. The van der Waals surface area contributed by atoms with Crippen molar-refractivity contribution in [3.63, 3.8) is 0 Å². The van der Waals surface area contributed by atoms with Gasteiger partial charge in [-0.25, -0.2) is 4.79 Å². The van der Waals surface area contributed by atoms with Crippen LogP contribution in [0.25, 0.3) is 10.8 Å². The van der Waals surface area contributed by atoms with E-state index >= 15 is 0 Å². The van der Waals surface area contributed by atoms with E-state index in [4.69, 9.17) is 9.47 Å². The van der Waals surface area contributed by atoms with Crippen molar-refractivity contribution in [1.82, 2.24) is 0 Å². The largest absolute Gasteiger partial charge is 0.482 e. The lowest BCUT2D eigenvalue weighted by molar-refractivity contribution is -0.149. The Morgan fingerprint density at radius 2 is 1.62 bits per heavy atom. The summed E-state index contributed by atoms with van der Waals surface area (Å²) in [5.41, 5.74) is 0.649. The van der Waals surface area contributed by atoms with Gasteiger partial charge in [0.1, 0.15) is 5.75 Å². The zero-order valence-corrected chi connectivity index (χ0v) is 15.4. The minimum atomic E-state index is -0.610. The van der Waals surface area contributed by atoms with E-state index in [2.05, 4.69) is 21.2 Å². The van der Waals surface area contributed by atoms with Gasteiger partial charge in [0.25, 0.3) is 5.91 Å². The predicted octanol–water partition coefficient (Wildman–Crippen LogP) is 4.16. The number of rotatable bonds is 6. The van der Waals surface area contributed by atoms with Crippen LogP contribution in [0.2, 0.25) is 0 Å². The quantitative estimate of drug-likeness (QED) is 0.616. The summed E-state index contributed by atoms with van der Waals surface area (Å²) in [7, 11) is 0. The highest BCUT2D eigenvalue weighted by atomic mass is 79.9. The minimum absolute atomic E-state index is 0.259. The second-order valence-electron chi connectivity index (χ2n) is 5.51. The molecule has 0 aliphatic carbocycles. The fraction of sp³-hybridized carbons (Fsp3) is 0.100. The predicted molar refractivity (Wildman–Crippen MR) is 103 cm³/mol. The maximum atomic E-state index is 11.9. The van der Waals surface area contributed by atoms with Crippen molar-refractivity contribution in [1.29, 1.82) is 0 Å². The molecule has 1 amide bonds. The Bertz CT molecular complexity index is 925. The third kappa shape index (κ3) is 5.07. The Kier molecular flexibility index (Phi) is 5.86. The van der Waals surface area contributed by atoms with Crippen LogP contribution in [0.5, 0.6) is 5.75 Å². The van der Waals surface area contributed by atoms with Crippen LogP contribution in [0.1, 0.15) is 0 Å². The Labute approximate surface area is 159 Å². The summed E-state index contributed by atoms with van der Waals surface area (Å²) in [6, 6.07) is 20.5. The van der Waals surface area contributed by atoms with E-state index < -0.39 is 11.9 Å². The second-order valence-corrected chi connectivity index (χ2v) is 6.43. The van der Waals surface area contributed by atoms with Gasteiger partial charge in [-0.2, -0.15) is 0 Å². The molecule has 0 heterocycles. The van der Waals surface area contributed by atoms with Gasteiger partial charge in [-0.15, -0.1) is 0 Å². The van der Waals surface area contributed by atoms with E-state index in [9.17, 15) is 9.59 Å². The number of hydrogen-bond donors (Lipinski definition) is 1. The Hall–Kier alpha value is -2.86. The van der Waals surface area contributed by atoms with Crippen LogP contribution in [-0.2, 0) is 14.3 Å². The first kappa shape index (κ1) is 17.9. The van der Waals surface area contributed by atoms with E-state index in [1.165, 1.54) is 0 Å².